The molecule has 1 saturated heterocycles. The van der Waals surface area contributed by atoms with Crippen molar-refractivity contribution in [3.05, 3.63) is 47.5 Å². The van der Waals surface area contributed by atoms with Gasteiger partial charge in [0.1, 0.15) is 10.8 Å². The molecule has 5 rings (SSSR count). The number of aromatic nitrogens is 6. The van der Waals surface area contributed by atoms with E-state index in [0.29, 0.717) is 5.65 Å². The number of rotatable bonds is 5. The van der Waals surface area contributed by atoms with E-state index in [4.69, 9.17) is 9.72 Å². The highest BCUT2D eigenvalue weighted by atomic mass is 32.1. The van der Waals surface area contributed by atoms with Gasteiger partial charge >= 0.3 is 0 Å². The molecule has 1 aromatic carbocycles. The van der Waals surface area contributed by atoms with Crippen molar-refractivity contribution >= 4 is 22.8 Å². The molecule has 1 aliphatic heterocycles. The molecular weight excluding hydrogens is 388 g/mol. The van der Waals surface area contributed by atoms with Gasteiger partial charge in [0.25, 0.3) is 0 Å². The summed E-state index contributed by atoms with van der Waals surface area (Å²) in [5, 5.41) is 19.1. The number of hydrogen-bond donors (Lipinski definition) is 0. The smallest absolute Gasteiger partial charge is 0.200 e. The number of ether oxygens (including phenoxy) is 1. The van der Waals surface area contributed by atoms with Crippen LogP contribution in [-0.4, -0.2) is 68.4 Å². The fourth-order valence-corrected chi connectivity index (χ4v) is 4.24. The Morgan fingerprint density at radius 2 is 1.86 bits per heavy atom. The van der Waals surface area contributed by atoms with Crippen LogP contribution >= 0.6 is 11.3 Å². The van der Waals surface area contributed by atoms with Crippen LogP contribution < -0.4 is 9.64 Å². The Hall–Kier alpha value is -3.11. The lowest BCUT2D eigenvalue weighted by Crippen LogP contribution is -2.46. The zero-order valence-electron chi connectivity index (χ0n) is 16.0. The van der Waals surface area contributed by atoms with Crippen LogP contribution in [0.2, 0.25) is 0 Å². The predicted molar refractivity (Wildman–Crippen MR) is 110 cm³/mol. The maximum atomic E-state index is 5.23. The van der Waals surface area contributed by atoms with Gasteiger partial charge in [0.15, 0.2) is 11.5 Å². The summed E-state index contributed by atoms with van der Waals surface area (Å²) in [5.41, 5.74) is 2.89. The van der Waals surface area contributed by atoms with Crippen LogP contribution in [-0.2, 0) is 6.54 Å². The van der Waals surface area contributed by atoms with Crippen molar-refractivity contribution in [3.63, 3.8) is 0 Å². The Morgan fingerprint density at radius 1 is 1.03 bits per heavy atom. The number of hydrogen-bond acceptors (Lipinski definition) is 9. The standard InChI is InChI=1S/C19H20N8OS/c1-28-16-4-2-14(3-5-16)19-20-15(13-29-19)12-25-8-10-26(11-9-25)18-7-6-17-21-23-24-27(17)22-18/h2-7,13H,8-12H2,1H3. The number of methoxy groups -OCH3 is 1. The third-order valence-electron chi connectivity index (χ3n) is 5.03. The molecule has 0 N–H and O–H groups in total. The minimum Gasteiger partial charge on any atom is -0.497 e. The number of anilines is 1. The molecule has 0 bridgehead atoms. The van der Waals surface area contributed by atoms with Crippen molar-refractivity contribution in [2.75, 3.05) is 38.2 Å². The Balaban J connectivity index is 1.20. The first-order valence-electron chi connectivity index (χ1n) is 9.40. The molecule has 0 unspecified atom stereocenters. The van der Waals surface area contributed by atoms with E-state index in [1.807, 2.05) is 24.3 Å². The van der Waals surface area contributed by atoms with Gasteiger partial charge in [-0.2, -0.15) is 0 Å². The van der Waals surface area contributed by atoms with Gasteiger partial charge < -0.3 is 9.64 Å². The maximum Gasteiger partial charge on any atom is 0.200 e. The van der Waals surface area contributed by atoms with E-state index < -0.39 is 0 Å². The van der Waals surface area contributed by atoms with Crippen molar-refractivity contribution in [3.8, 4) is 16.3 Å². The molecule has 4 heterocycles. The van der Waals surface area contributed by atoms with Crippen molar-refractivity contribution in [2.45, 2.75) is 6.54 Å². The number of fused-ring (bicyclic) bond motifs is 1. The summed E-state index contributed by atoms with van der Waals surface area (Å²) in [6.45, 7) is 4.61. The lowest BCUT2D eigenvalue weighted by Gasteiger charge is -2.34. The molecular formula is C19H20N8OS. The average Bonchev–Trinajstić information content (AvgIpc) is 3.43. The number of thiazole rings is 1. The summed E-state index contributed by atoms with van der Waals surface area (Å²) in [7, 11) is 1.68. The van der Waals surface area contributed by atoms with E-state index in [1.54, 1.807) is 18.4 Å². The Kier molecular flexibility index (Phi) is 4.78. The van der Waals surface area contributed by atoms with Crippen molar-refractivity contribution in [2.24, 2.45) is 0 Å². The zero-order chi connectivity index (χ0) is 19.6. The molecule has 10 heteroatoms. The molecule has 29 heavy (non-hydrogen) atoms. The SMILES string of the molecule is COc1ccc(-c2nc(CN3CCN(c4ccc5nnnn5n4)CC3)cs2)cc1. The highest BCUT2D eigenvalue weighted by molar-refractivity contribution is 7.13. The number of benzene rings is 1. The molecule has 0 spiro atoms. The van der Waals surface area contributed by atoms with Crippen LogP contribution in [0.3, 0.4) is 0 Å². The predicted octanol–water partition coefficient (Wildman–Crippen LogP) is 1.97. The molecule has 4 aromatic rings. The Bertz CT molecular complexity index is 1100. The van der Waals surface area contributed by atoms with Crippen LogP contribution in [0.15, 0.2) is 41.8 Å². The Labute approximate surface area is 171 Å². The monoisotopic (exact) mass is 408 g/mol. The minimum absolute atomic E-state index is 0.656. The van der Waals surface area contributed by atoms with E-state index in [-0.39, 0.29) is 0 Å². The topological polar surface area (TPSA) is 84.6 Å². The Morgan fingerprint density at radius 3 is 2.66 bits per heavy atom. The summed E-state index contributed by atoms with van der Waals surface area (Å²) in [6, 6.07) is 11.9. The molecule has 0 atom stereocenters. The van der Waals surface area contributed by atoms with Crippen molar-refractivity contribution in [1.29, 1.82) is 0 Å². The fraction of sp³-hybridized carbons (Fsp3) is 0.316. The summed E-state index contributed by atoms with van der Waals surface area (Å²) < 4.78 is 6.70. The molecule has 0 amide bonds. The lowest BCUT2D eigenvalue weighted by molar-refractivity contribution is 0.247. The van der Waals surface area contributed by atoms with Gasteiger partial charge in [-0.05, 0) is 46.8 Å². The summed E-state index contributed by atoms with van der Waals surface area (Å²) in [6.07, 6.45) is 0. The van der Waals surface area contributed by atoms with E-state index >= 15 is 0 Å². The summed E-state index contributed by atoms with van der Waals surface area (Å²) in [4.78, 5) is 9.51. The van der Waals surface area contributed by atoms with Crippen molar-refractivity contribution in [1.82, 2.24) is 35.1 Å². The molecule has 0 saturated carbocycles. The molecule has 0 aliphatic carbocycles. The van der Waals surface area contributed by atoms with Gasteiger partial charge in [-0.25, -0.2) is 4.98 Å². The second-order valence-corrected chi connectivity index (χ2v) is 7.71. The van der Waals surface area contributed by atoms with Gasteiger partial charge in [-0.3, -0.25) is 4.90 Å². The number of nitrogens with zero attached hydrogens (tertiary/aromatic N) is 8. The minimum atomic E-state index is 0.656. The van der Waals surface area contributed by atoms with Gasteiger partial charge in [-0.1, -0.05) is 0 Å². The fourth-order valence-electron chi connectivity index (χ4n) is 3.42. The molecule has 148 valence electrons. The molecule has 9 nitrogen and oxygen atoms in total. The van der Waals surface area contributed by atoms with Crippen LogP contribution in [0, 0.1) is 0 Å². The van der Waals surface area contributed by atoms with Gasteiger partial charge in [-0.15, -0.1) is 26.2 Å². The van der Waals surface area contributed by atoms with Crippen LogP contribution in [0.25, 0.3) is 16.2 Å². The normalized spacial score (nSPS) is 15.1. The second-order valence-electron chi connectivity index (χ2n) is 6.85. The zero-order valence-corrected chi connectivity index (χ0v) is 16.8. The van der Waals surface area contributed by atoms with E-state index in [2.05, 4.69) is 47.9 Å². The highest BCUT2D eigenvalue weighted by Gasteiger charge is 2.20. The first kappa shape index (κ1) is 18.0. The van der Waals surface area contributed by atoms with Gasteiger partial charge in [0.05, 0.1) is 12.8 Å². The van der Waals surface area contributed by atoms with E-state index in [9.17, 15) is 0 Å². The molecule has 0 radical (unpaired) electrons. The third-order valence-corrected chi connectivity index (χ3v) is 5.97. The molecule has 3 aromatic heterocycles. The first-order valence-corrected chi connectivity index (χ1v) is 10.3. The molecule has 1 aliphatic rings. The second kappa shape index (κ2) is 7.72. The lowest BCUT2D eigenvalue weighted by atomic mass is 10.2. The van der Waals surface area contributed by atoms with Crippen molar-refractivity contribution < 1.29 is 4.74 Å². The first-order chi connectivity index (χ1) is 14.3. The van der Waals surface area contributed by atoms with Gasteiger partial charge in [0, 0.05) is 43.7 Å². The highest BCUT2D eigenvalue weighted by Crippen LogP contribution is 2.26. The van der Waals surface area contributed by atoms with Crippen LogP contribution in [0.4, 0.5) is 5.82 Å². The third kappa shape index (κ3) is 3.76. The number of piperazine rings is 1. The van der Waals surface area contributed by atoms with Crippen LogP contribution in [0.1, 0.15) is 5.69 Å². The van der Waals surface area contributed by atoms with E-state index in [1.165, 1.54) is 4.63 Å². The summed E-state index contributed by atoms with van der Waals surface area (Å²) in [5.74, 6) is 1.76. The summed E-state index contributed by atoms with van der Waals surface area (Å²) >= 11 is 1.68. The largest absolute Gasteiger partial charge is 0.497 e. The van der Waals surface area contributed by atoms with E-state index in [0.717, 1.165) is 60.6 Å². The van der Waals surface area contributed by atoms with Gasteiger partial charge in [0.2, 0.25) is 0 Å². The van der Waals surface area contributed by atoms with Crippen LogP contribution in [0.5, 0.6) is 5.75 Å². The molecule has 1 fully saturated rings. The maximum absolute atomic E-state index is 5.23. The quantitative estimate of drug-likeness (QED) is 0.496. The average molecular weight is 408 g/mol. The number of tetrazole rings is 1.